The molecule has 1 aliphatic heterocycles. The van der Waals surface area contributed by atoms with Crippen LogP contribution in [0.3, 0.4) is 0 Å². The van der Waals surface area contributed by atoms with Crippen LogP contribution in [0.25, 0.3) is 10.6 Å². The minimum absolute atomic E-state index is 0.0123. The van der Waals surface area contributed by atoms with Gasteiger partial charge in [-0.2, -0.15) is 0 Å². The quantitative estimate of drug-likeness (QED) is 0.924. The first-order chi connectivity index (χ1) is 10.7. The second-order valence-electron chi connectivity index (χ2n) is 5.37. The van der Waals surface area contributed by atoms with E-state index in [2.05, 4.69) is 4.98 Å². The Bertz CT molecular complexity index is 625. The fraction of sp³-hybridized carbons (Fsp3) is 0.467. The highest BCUT2D eigenvalue weighted by molar-refractivity contribution is 7.13. The maximum Gasteiger partial charge on any atom is 0.229 e. The Morgan fingerprint density at radius 1 is 1.59 bits per heavy atom. The van der Waals surface area contributed by atoms with Crippen molar-refractivity contribution in [1.82, 2.24) is 9.88 Å². The molecule has 118 valence electrons. The Morgan fingerprint density at radius 3 is 3.18 bits per heavy atom. The van der Waals surface area contributed by atoms with Crippen LogP contribution in [0.5, 0.6) is 0 Å². The number of amides is 1. The van der Waals surface area contributed by atoms with Crippen molar-refractivity contribution in [2.24, 2.45) is 0 Å². The highest BCUT2D eigenvalue weighted by atomic mass is 32.1. The van der Waals surface area contributed by atoms with Crippen LogP contribution in [0.1, 0.15) is 12.6 Å². The van der Waals surface area contributed by atoms with Gasteiger partial charge >= 0.3 is 0 Å². The van der Waals surface area contributed by atoms with E-state index in [9.17, 15) is 9.90 Å². The molecule has 1 amide bonds. The molecule has 1 saturated heterocycles. The number of carbonyl (C=O) groups excluding carboxylic acids is 1. The zero-order valence-corrected chi connectivity index (χ0v) is 13.1. The predicted octanol–water partition coefficient (Wildman–Crippen LogP) is 1.55. The van der Waals surface area contributed by atoms with Crippen molar-refractivity contribution < 1.29 is 19.1 Å². The molecular weight excluding hydrogens is 304 g/mol. The SMILES string of the molecule is C[C@H]1CO[C@H](CO)CN1C(=O)Cc1csc(-c2ccoc2)n1. The molecule has 0 bridgehead atoms. The largest absolute Gasteiger partial charge is 0.472 e. The summed E-state index contributed by atoms with van der Waals surface area (Å²) in [6.45, 7) is 2.75. The lowest BCUT2D eigenvalue weighted by atomic mass is 10.1. The second-order valence-corrected chi connectivity index (χ2v) is 6.22. The van der Waals surface area contributed by atoms with Crippen LogP contribution in [-0.4, -0.2) is 52.8 Å². The summed E-state index contributed by atoms with van der Waals surface area (Å²) in [5, 5.41) is 11.9. The Kier molecular flexibility index (Phi) is 4.56. The van der Waals surface area contributed by atoms with Crippen molar-refractivity contribution in [3.05, 3.63) is 29.7 Å². The Morgan fingerprint density at radius 2 is 2.45 bits per heavy atom. The van der Waals surface area contributed by atoms with E-state index in [0.717, 1.165) is 16.3 Å². The number of hydrogen-bond donors (Lipinski definition) is 1. The number of aliphatic hydroxyl groups is 1. The molecule has 0 aliphatic carbocycles. The summed E-state index contributed by atoms with van der Waals surface area (Å²) in [6, 6.07) is 1.86. The standard InChI is InChI=1S/C15H18N2O4S/c1-10-7-21-13(6-18)5-17(10)14(19)4-12-9-22-15(16-12)11-2-3-20-8-11/h2-3,8-10,13,18H,4-7H2,1H3/t10-,13-/m0/s1. The van der Waals surface area contributed by atoms with Crippen LogP contribution in [0.2, 0.25) is 0 Å². The molecule has 6 nitrogen and oxygen atoms in total. The number of thiazole rings is 1. The van der Waals surface area contributed by atoms with E-state index in [0.29, 0.717) is 13.2 Å². The number of morpholine rings is 1. The van der Waals surface area contributed by atoms with E-state index >= 15 is 0 Å². The van der Waals surface area contributed by atoms with E-state index in [1.165, 1.54) is 11.3 Å². The molecule has 2 aromatic heterocycles. The Labute approximate surface area is 132 Å². The van der Waals surface area contributed by atoms with Gasteiger partial charge < -0.3 is 19.2 Å². The van der Waals surface area contributed by atoms with Crippen LogP contribution >= 0.6 is 11.3 Å². The summed E-state index contributed by atoms with van der Waals surface area (Å²) in [6.07, 6.45) is 3.21. The first kappa shape index (κ1) is 15.2. The summed E-state index contributed by atoms with van der Waals surface area (Å²) in [7, 11) is 0. The average molecular weight is 322 g/mol. The lowest BCUT2D eigenvalue weighted by Gasteiger charge is -2.37. The van der Waals surface area contributed by atoms with Gasteiger partial charge in [0.2, 0.25) is 5.91 Å². The molecule has 2 atom stereocenters. The van der Waals surface area contributed by atoms with E-state index in [-0.39, 0.29) is 31.1 Å². The molecule has 1 fully saturated rings. The molecule has 1 aliphatic rings. The molecule has 1 N–H and O–H groups in total. The van der Waals surface area contributed by atoms with E-state index in [1.54, 1.807) is 17.4 Å². The summed E-state index contributed by atoms with van der Waals surface area (Å²) in [5.74, 6) is 0.0123. The van der Waals surface area contributed by atoms with Gasteiger partial charge in [0.1, 0.15) is 11.3 Å². The molecule has 3 heterocycles. The van der Waals surface area contributed by atoms with Gasteiger partial charge in [-0.15, -0.1) is 11.3 Å². The molecule has 0 spiro atoms. The number of rotatable bonds is 4. The highest BCUT2D eigenvalue weighted by Gasteiger charge is 2.29. The van der Waals surface area contributed by atoms with E-state index in [4.69, 9.17) is 9.15 Å². The molecule has 22 heavy (non-hydrogen) atoms. The molecular formula is C15H18N2O4S. The molecule has 2 aromatic rings. The van der Waals surface area contributed by atoms with E-state index in [1.807, 2.05) is 18.4 Å². The van der Waals surface area contributed by atoms with Crippen LogP contribution in [0.15, 0.2) is 28.4 Å². The molecule has 0 aromatic carbocycles. The molecule has 0 unspecified atom stereocenters. The van der Waals surface area contributed by atoms with Gasteiger partial charge in [-0.25, -0.2) is 4.98 Å². The van der Waals surface area contributed by atoms with Crippen LogP contribution < -0.4 is 0 Å². The van der Waals surface area contributed by atoms with Crippen molar-refractivity contribution in [2.45, 2.75) is 25.5 Å². The Balaban J connectivity index is 1.66. The van der Waals surface area contributed by atoms with Gasteiger partial charge in [0, 0.05) is 17.5 Å². The third-order valence-electron chi connectivity index (χ3n) is 3.68. The van der Waals surface area contributed by atoms with Gasteiger partial charge in [0.15, 0.2) is 0 Å². The average Bonchev–Trinajstić information content (AvgIpc) is 3.18. The second kappa shape index (κ2) is 6.60. The van der Waals surface area contributed by atoms with Gasteiger partial charge in [0.05, 0.1) is 43.7 Å². The summed E-state index contributed by atoms with van der Waals surface area (Å²) < 4.78 is 10.5. The summed E-state index contributed by atoms with van der Waals surface area (Å²) in [5.41, 5.74) is 1.68. The minimum Gasteiger partial charge on any atom is -0.472 e. The van der Waals surface area contributed by atoms with Gasteiger partial charge in [-0.05, 0) is 13.0 Å². The third-order valence-corrected chi connectivity index (χ3v) is 4.62. The smallest absolute Gasteiger partial charge is 0.229 e. The van der Waals surface area contributed by atoms with Crippen molar-refractivity contribution >= 4 is 17.2 Å². The summed E-state index contributed by atoms with van der Waals surface area (Å²) >= 11 is 1.50. The van der Waals surface area contributed by atoms with Crippen molar-refractivity contribution in [1.29, 1.82) is 0 Å². The molecule has 3 rings (SSSR count). The molecule has 7 heteroatoms. The van der Waals surface area contributed by atoms with Crippen LogP contribution in [-0.2, 0) is 16.0 Å². The first-order valence-electron chi connectivity index (χ1n) is 7.16. The summed E-state index contributed by atoms with van der Waals surface area (Å²) in [4.78, 5) is 18.7. The third kappa shape index (κ3) is 3.21. The predicted molar refractivity (Wildman–Crippen MR) is 81.5 cm³/mol. The van der Waals surface area contributed by atoms with Gasteiger partial charge in [-0.3, -0.25) is 4.79 Å². The fourth-order valence-corrected chi connectivity index (χ4v) is 3.24. The maximum atomic E-state index is 12.5. The van der Waals surface area contributed by atoms with Gasteiger partial charge in [0.25, 0.3) is 0 Å². The lowest BCUT2D eigenvalue weighted by Crippen LogP contribution is -2.52. The van der Waals surface area contributed by atoms with Crippen molar-refractivity contribution in [3.63, 3.8) is 0 Å². The van der Waals surface area contributed by atoms with Crippen molar-refractivity contribution in [2.75, 3.05) is 19.8 Å². The highest BCUT2D eigenvalue weighted by Crippen LogP contribution is 2.24. The minimum atomic E-state index is -0.294. The van der Waals surface area contributed by atoms with E-state index < -0.39 is 0 Å². The Hall–Kier alpha value is -1.70. The zero-order valence-electron chi connectivity index (χ0n) is 12.3. The first-order valence-corrected chi connectivity index (χ1v) is 8.04. The van der Waals surface area contributed by atoms with Gasteiger partial charge in [-0.1, -0.05) is 0 Å². The number of aromatic nitrogens is 1. The monoisotopic (exact) mass is 322 g/mol. The number of carbonyl (C=O) groups is 1. The molecule has 0 radical (unpaired) electrons. The number of hydrogen-bond acceptors (Lipinski definition) is 6. The maximum absolute atomic E-state index is 12.5. The topological polar surface area (TPSA) is 75.8 Å². The fourth-order valence-electron chi connectivity index (χ4n) is 2.44. The number of ether oxygens (including phenoxy) is 1. The van der Waals surface area contributed by atoms with Crippen LogP contribution in [0, 0.1) is 0 Å². The number of aliphatic hydroxyl groups excluding tert-OH is 1. The molecule has 0 saturated carbocycles. The van der Waals surface area contributed by atoms with Crippen LogP contribution in [0.4, 0.5) is 0 Å². The normalized spacial score (nSPS) is 22.0. The zero-order chi connectivity index (χ0) is 15.5. The number of nitrogens with zero attached hydrogens (tertiary/aromatic N) is 2. The lowest BCUT2D eigenvalue weighted by molar-refractivity contribution is -0.145. The van der Waals surface area contributed by atoms with Crippen molar-refractivity contribution in [3.8, 4) is 10.6 Å². The number of furan rings is 1.